The number of aromatic amines is 1. The van der Waals surface area contributed by atoms with Gasteiger partial charge in [-0.1, -0.05) is 23.9 Å². The number of nitriles is 1. The number of nitrogens with one attached hydrogen (secondary N) is 1. The number of allylic oxidation sites excluding steroid dienone is 1. The number of furan rings is 1. The highest BCUT2D eigenvalue weighted by atomic mass is 32.2. The molecule has 4 rings (SSSR count). The molecule has 3 heterocycles. The summed E-state index contributed by atoms with van der Waals surface area (Å²) in [7, 11) is 1.81. The number of rotatable bonds is 5. The molecular formula is C18H14N6O2S. The molecular weight excluding hydrogens is 364 g/mol. The van der Waals surface area contributed by atoms with Gasteiger partial charge in [-0.25, -0.2) is 4.98 Å². The first-order valence-corrected chi connectivity index (χ1v) is 8.99. The van der Waals surface area contributed by atoms with Crippen molar-refractivity contribution in [3.63, 3.8) is 0 Å². The van der Waals surface area contributed by atoms with Crippen LogP contribution in [0.2, 0.25) is 0 Å². The number of fused-ring (bicyclic) bond motifs is 1. The van der Waals surface area contributed by atoms with E-state index < -0.39 is 0 Å². The molecule has 1 aromatic carbocycles. The van der Waals surface area contributed by atoms with Crippen LogP contribution in [0.5, 0.6) is 0 Å². The quantitative estimate of drug-likeness (QED) is 0.310. The molecule has 0 saturated carbocycles. The second-order valence-corrected chi connectivity index (χ2v) is 6.61. The molecule has 8 nitrogen and oxygen atoms in total. The third-order valence-electron chi connectivity index (χ3n) is 3.94. The Morgan fingerprint density at radius 2 is 2.15 bits per heavy atom. The van der Waals surface area contributed by atoms with Crippen LogP contribution in [-0.4, -0.2) is 35.6 Å². The standard InChI is InChI=1S/C18H14N6O2S/c1-24-17(15-7-4-8-26-15)22-23-18(24)27-10-14(25)11(9-19)16-20-12-5-2-3-6-13(12)21-16/h2-8,25H,10H2,1H3,(H,20,21)/b14-11+. The molecule has 0 unspecified atom stereocenters. The second kappa shape index (κ2) is 7.01. The summed E-state index contributed by atoms with van der Waals surface area (Å²) in [6, 6.07) is 13.0. The lowest BCUT2D eigenvalue weighted by Crippen LogP contribution is -1.98. The average molecular weight is 378 g/mol. The van der Waals surface area contributed by atoms with Crippen molar-refractivity contribution in [2.75, 3.05) is 5.75 Å². The molecule has 3 aromatic heterocycles. The van der Waals surface area contributed by atoms with Gasteiger partial charge in [0.05, 0.1) is 23.0 Å². The summed E-state index contributed by atoms with van der Waals surface area (Å²) in [5.74, 6) is 1.61. The predicted octanol–water partition coefficient (Wildman–Crippen LogP) is 3.54. The van der Waals surface area contributed by atoms with Crippen molar-refractivity contribution >= 4 is 28.4 Å². The fourth-order valence-electron chi connectivity index (χ4n) is 2.59. The van der Waals surface area contributed by atoms with Gasteiger partial charge >= 0.3 is 0 Å². The van der Waals surface area contributed by atoms with Crippen molar-refractivity contribution < 1.29 is 9.52 Å². The van der Waals surface area contributed by atoms with E-state index in [4.69, 9.17) is 4.42 Å². The number of aliphatic hydroxyl groups excluding tert-OH is 1. The Morgan fingerprint density at radius 1 is 1.30 bits per heavy atom. The Labute approximate surface area is 158 Å². The van der Waals surface area contributed by atoms with Gasteiger partial charge in [-0.2, -0.15) is 5.26 Å². The van der Waals surface area contributed by atoms with Gasteiger partial charge in [-0.05, 0) is 24.3 Å². The minimum absolute atomic E-state index is 0.0795. The van der Waals surface area contributed by atoms with Crippen LogP contribution in [0.25, 0.3) is 28.2 Å². The van der Waals surface area contributed by atoms with Gasteiger partial charge in [0.1, 0.15) is 17.4 Å². The first-order valence-electron chi connectivity index (χ1n) is 8.00. The maximum absolute atomic E-state index is 10.4. The van der Waals surface area contributed by atoms with Crippen LogP contribution in [0.4, 0.5) is 0 Å². The van der Waals surface area contributed by atoms with Gasteiger partial charge in [0, 0.05) is 7.05 Å². The van der Waals surface area contributed by atoms with E-state index in [1.165, 1.54) is 11.8 Å². The normalized spacial score (nSPS) is 12.1. The molecule has 4 aromatic rings. The fraction of sp³-hybridized carbons (Fsp3) is 0.111. The Hall–Kier alpha value is -3.51. The Bertz CT molecular complexity index is 1130. The van der Waals surface area contributed by atoms with Crippen molar-refractivity contribution in [3.8, 4) is 17.7 Å². The number of imidazole rings is 1. The molecule has 27 heavy (non-hydrogen) atoms. The number of hydrogen-bond acceptors (Lipinski definition) is 7. The first-order chi connectivity index (χ1) is 13.2. The van der Waals surface area contributed by atoms with Gasteiger partial charge in [0.15, 0.2) is 22.6 Å². The topological polar surface area (TPSA) is 117 Å². The molecule has 0 aliphatic heterocycles. The number of aromatic nitrogens is 5. The summed E-state index contributed by atoms with van der Waals surface area (Å²) < 4.78 is 7.10. The number of hydrogen-bond donors (Lipinski definition) is 2. The highest BCUT2D eigenvalue weighted by molar-refractivity contribution is 7.99. The van der Waals surface area contributed by atoms with Crippen LogP contribution in [0, 0.1) is 11.3 Å². The Morgan fingerprint density at radius 3 is 2.89 bits per heavy atom. The minimum Gasteiger partial charge on any atom is -0.510 e. The van der Waals surface area contributed by atoms with Crippen molar-refractivity contribution in [2.45, 2.75) is 5.16 Å². The summed E-state index contributed by atoms with van der Waals surface area (Å²) in [4.78, 5) is 7.42. The molecule has 0 radical (unpaired) electrons. The summed E-state index contributed by atoms with van der Waals surface area (Å²) in [5, 5.41) is 28.7. The van der Waals surface area contributed by atoms with Crippen molar-refractivity contribution in [2.24, 2.45) is 7.05 Å². The van der Waals surface area contributed by atoms with Crippen LogP contribution in [0.15, 0.2) is 58.0 Å². The third kappa shape index (κ3) is 3.18. The van der Waals surface area contributed by atoms with E-state index in [9.17, 15) is 10.4 Å². The highest BCUT2D eigenvalue weighted by Crippen LogP contribution is 2.26. The van der Waals surface area contributed by atoms with Gasteiger partial charge in [-0.15, -0.1) is 10.2 Å². The van der Waals surface area contributed by atoms with Crippen LogP contribution in [0.1, 0.15) is 5.82 Å². The highest BCUT2D eigenvalue weighted by Gasteiger charge is 2.17. The lowest BCUT2D eigenvalue weighted by Gasteiger charge is -2.03. The van der Waals surface area contributed by atoms with Gasteiger partial charge < -0.3 is 19.1 Å². The summed E-state index contributed by atoms with van der Waals surface area (Å²) in [5.41, 5.74) is 1.64. The zero-order valence-electron chi connectivity index (χ0n) is 14.2. The molecule has 9 heteroatoms. The number of thioether (sulfide) groups is 1. The van der Waals surface area contributed by atoms with Crippen molar-refractivity contribution in [1.82, 2.24) is 24.7 Å². The van der Waals surface area contributed by atoms with Crippen LogP contribution >= 0.6 is 11.8 Å². The van der Waals surface area contributed by atoms with Crippen LogP contribution in [-0.2, 0) is 7.05 Å². The predicted molar refractivity (Wildman–Crippen MR) is 101 cm³/mol. The van der Waals surface area contributed by atoms with Crippen molar-refractivity contribution in [1.29, 1.82) is 5.26 Å². The Balaban J connectivity index is 1.57. The number of para-hydroxylation sites is 2. The van der Waals surface area contributed by atoms with E-state index in [0.717, 1.165) is 11.0 Å². The molecule has 0 amide bonds. The summed E-state index contributed by atoms with van der Waals surface area (Å²) in [6.45, 7) is 0. The molecule has 0 aliphatic rings. The molecule has 0 saturated heterocycles. The summed E-state index contributed by atoms with van der Waals surface area (Å²) >= 11 is 1.27. The molecule has 0 aliphatic carbocycles. The molecule has 0 atom stereocenters. The summed E-state index contributed by atoms with van der Waals surface area (Å²) in [6.07, 6.45) is 1.57. The monoisotopic (exact) mass is 378 g/mol. The maximum atomic E-state index is 10.4. The zero-order chi connectivity index (χ0) is 18.8. The second-order valence-electron chi connectivity index (χ2n) is 5.67. The van der Waals surface area contributed by atoms with Gasteiger partial charge in [-0.3, -0.25) is 0 Å². The fourth-order valence-corrected chi connectivity index (χ4v) is 3.38. The van der Waals surface area contributed by atoms with Crippen LogP contribution < -0.4 is 0 Å². The van der Waals surface area contributed by atoms with E-state index in [-0.39, 0.29) is 17.1 Å². The third-order valence-corrected chi connectivity index (χ3v) is 4.97. The first kappa shape index (κ1) is 16.9. The van der Waals surface area contributed by atoms with E-state index in [1.54, 1.807) is 23.0 Å². The van der Waals surface area contributed by atoms with Gasteiger partial charge in [0.25, 0.3) is 0 Å². The lowest BCUT2D eigenvalue weighted by molar-refractivity contribution is 0.420. The molecule has 0 bridgehead atoms. The molecule has 0 fully saturated rings. The number of benzene rings is 1. The minimum atomic E-state index is -0.0795. The van der Waals surface area contributed by atoms with E-state index >= 15 is 0 Å². The molecule has 0 spiro atoms. The average Bonchev–Trinajstić information content (AvgIpc) is 3.40. The largest absolute Gasteiger partial charge is 0.510 e. The number of nitrogens with zero attached hydrogens (tertiary/aromatic N) is 5. The number of H-pyrrole nitrogens is 1. The lowest BCUT2D eigenvalue weighted by atomic mass is 10.2. The number of aliphatic hydroxyl groups is 1. The Kier molecular flexibility index (Phi) is 4.40. The molecule has 2 N–H and O–H groups in total. The SMILES string of the molecule is Cn1c(SC/C(O)=C(/C#N)c2nc3ccccc3[nH]2)nnc1-c1ccco1. The van der Waals surface area contributed by atoms with Crippen molar-refractivity contribution in [3.05, 3.63) is 54.2 Å². The maximum Gasteiger partial charge on any atom is 0.200 e. The van der Waals surface area contributed by atoms with E-state index in [2.05, 4.69) is 20.2 Å². The zero-order valence-corrected chi connectivity index (χ0v) is 15.1. The molecule has 134 valence electrons. The van der Waals surface area contributed by atoms with Gasteiger partial charge in [0.2, 0.25) is 0 Å². The smallest absolute Gasteiger partial charge is 0.200 e. The van der Waals surface area contributed by atoms with E-state index in [0.29, 0.717) is 22.6 Å². The van der Waals surface area contributed by atoms with Crippen LogP contribution in [0.3, 0.4) is 0 Å². The van der Waals surface area contributed by atoms with E-state index in [1.807, 2.05) is 37.4 Å².